The van der Waals surface area contributed by atoms with Crippen LogP contribution in [0.2, 0.25) is 0 Å². The average Bonchev–Trinajstić information content (AvgIpc) is 3.14. The molecule has 50 heavy (non-hydrogen) atoms. The van der Waals surface area contributed by atoms with Crippen LogP contribution in [0.1, 0.15) is 33.4 Å². The summed E-state index contributed by atoms with van der Waals surface area (Å²) in [7, 11) is 8.42. The number of methoxy groups -OCH3 is 4. The number of hydrazine groups is 1. The molecule has 0 saturated heterocycles. The molecule has 0 fully saturated rings. The molecule has 1 N–H and O–H groups in total. The lowest BCUT2D eigenvalue weighted by Gasteiger charge is -2.39. The Morgan fingerprint density at radius 2 is 1.58 bits per heavy atom. The van der Waals surface area contributed by atoms with Gasteiger partial charge in [-0.1, -0.05) is 18.7 Å². The molecule has 0 saturated carbocycles. The molecule has 4 aliphatic rings. The number of hydrogen-bond acceptors (Lipinski definition) is 9. The van der Waals surface area contributed by atoms with E-state index in [1.165, 1.54) is 17.2 Å². The monoisotopic (exact) mass is 679 g/mol. The van der Waals surface area contributed by atoms with Crippen molar-refractivity contribution in [1.29, 1.82) is 0 Å². The Kier molecular flexibility index (Phi) is 10.5. The van der Waals surface area contributed by atoms with Gasteiger partial charge >= 0.3 is 0 Å². The first-order chi connectivity index (χ1) is 24.3. The van der Waals surface area contributed by atoms with E-state index in [1.807, 2.05) is 49.3 Å². The summed E-state index contributed by atoms with van der Waals surface area (Å²) >= 11 is 0. The maximum absolute atomic E-state index is 13.7. The van der Waals surface area contributed by atoms with Crippen LogP contribution in [0, 0.1) is 6.92 Å². The third-order valence-corrected chi connectivity index (χ3v) is 9.35. The van der Waals surface area contributed by atoms with Gasteiger partial charge in [-0.05, 0) is 116 Å². The molecule has 4 heterocycles. The Balaban J connectivity index is 1.57. The maximum Gasteiger partial charge on any atom is 0.264 e. The fourth-order valence-corrected chi connectivity index (χ4v) is 6.70. The van der Waals surface area contributed by atoms with E-state index in [0.717, 1.165) is 48.1 Å². The van der Waals surface area contributed by atoms with Crippen LogP contribution in [0.25, 0.3) is 0 Å². The molecule has 4 aromatic rings. The number of nitrogens with one attached hydrogen (secondary N) is 1. The van der Waals surface area contributed by atoms with Gasteiger partial charge in [0.05, 0.1) is 34.1 Å². The minimum absolute atomic E-state index is 0.281. The molecule has 4 aromatic carbocycles. The number of ether oxygens (including phenoxy) is 6. The van der Waals surface area contributed by atoms with Crippen molar-refractivity contribution in [2.24, 2.45) is 0 Å². The summed E-state index contributed by atoms with van der Waals surface area (Å²) in [5, 5.41) is 6.92. The number of anilines is 1. The SMILES string of the molecule is C=CC(=O)N1c2cc(OC)c(cc2C)Oc2ccc(cc2)CCc2cc(c(OC)cc2CCNC)Oc2c3c(cc(OC)c2OC)CCN1C3. The number of carbonyl (C=O) groups is 1. The van der Waals surface area contributed by atoms with Gasteiger partial charge in [0.2, 0.25) is 5.75 Å². The fraction of sp³-hybridized carbons (Fsp3) is 0.325. The third kappa shape index (κ3) is 6.81. The quantitative estimate of drug-likeness (QED) is 0.199. The van der Waals surface area contributed by atoms with Gasteiger partial charge in [-0.25, -0.2) is 10.0 Å². The maximum atomic E-state index is 13.7. The van der Waals surface area contributed by atoms with Crippen LogP contribution in [-0.2, 0) is 37.0 Å². The topological polar surface area (TPSA) is 91.0 Å². The first-order valence-electron chi connectivity index (χ1n) is 16.8. The molecule has 1 atom stereocenters. The predicted octanol–water partition coefficient (Wildman–Crippen LogP) is 6.97. The van der Waals surface area contributed by atoms with Crippen LogP contribution >= 0.6 is 0 Å². The van der Waals surface area contributed by atoms with E-state index in [1.54, 1.807) is 33.4 Å². The predicted molar refractivity (Wildman–Crippen MR) is 194 cm³/mol. The number of aryl methyl sites for hydroxylation is 3. The molecule has 8 bridgehead atoms. The lowest BCUT2D eigenvalue weighted by molar-refractivity contribution is -0.117. The average molecular weight is 680 g/mol. The summed E-state index contributed by atoms with van der Waals surface area (Å²) < 4.78 is 36.7. The Morgan fingerprint density at radius 3 is 2.26 bits per heavy atom. The summed E-state index contributed by atoms with van der Waals surface area (Å²) in [6.45, 7) is 7.48. The van der Waals surface area contributed by atoms with Crippen molar-refractivity contribution < 1.29 is 33.2 Å². The highest BCUT2D eigenvalue weighted by Crippen LogP contribution is 2.48. The number of likely N-dealkylation sites (N-methyl/N-ethyl adjacent to an activating group) is 1. The number of rotatable bonds is 8. The first kappa shape index (κ1) is 34.7. The number of hydrogen-bond donors (Lipinski definition) is 1. The van der Waals surface area contributed by atoms with Crippen molar-refractivity contribution in [3.8, 4) is 46.0 Å². The van der Waals surface area contributed by atoms with Crippen molar-refractivity contribution >= 4 is 11.6 Å². The lowest BCUT2D eigenvalue weighted by Crippen LogP contribution is -2.48. The van der Waals surface area contributed by atoms with E-state index in [4.69, 9.17) is 28.4 Å². The fourth-order valence-electron chi connectivity index (χ4n) is 6.70. The zero-order valence-corrected chi connectivity index (χ0v) is 29.7. The van der Waals surface area contributed by atoms with Crippen LogP contribution < -0.4 is 38.7 Å². The number of nitrogens with zero attached hydrogens (tertiary/aromatic N) is 2. The standard InChI is InChI=1S/C40H45N3O7/c1-8-38(44)43-32-23-34(46-5)35(19-25(32)2)49-30-13-10-26(11-14-30)9-12-27-21-36(33(45-4)20-28(27)15-17-41-3)50-39-31-24-42(43)18-16-29(31)22-37(47-6)40(39)48-7/h8,10-11,13-14,19-23,41H,1,9,12,15-18,24H2,2-7H3. The van der Waals surface area contributed by atoms with Crippen molar-refractivity contribution in [2.45, 2.75) is 39.2 Å². The van der Waals surface area contributed by atoms with Crippen LogP contribution in [-0.4, -0.2) is 59.5 Å². The zero-order chi connectivity index (χ0) is 35.4. The normalized spacial score (nSPS) is 15.1. The molecule has 8 rings (SSSR count). The molecule has 0 aromatic heterocycles. The molecule has 0 spiro atoms. The summed E-state index contributed by atoms with van der Waals surface area (Å²) in [5.74, 6) is 4.16. The molecular formula is C40H45N3O7. The van der Waals surface area contributed by atoms with Gasteiger partial charge in [0.15, 0.2) is 34.5 Å². The van der Waals surface area contributed by atoms with Gasteiger partial charge in [0.25, 0.3) is 5.91 Å². The van der Waals surface area contributed by atoms with Gasteiger partial charge in [0, 0.05) is 24.7 Å². The summed E-state index contributed by atoms with van der Waals surface area (Å²) in [4.78, 5) is 13.7. The molecule has 0 aliphatic carbocycles. The van der Waals surface area contributed by atoms with Gasteiger partial charge in [-0.2, -0.15) is 0 Å². The second-order valence-electron chi connectivity index (χ2n) is 12.3. The molecular weight excluding hydrogens is 634 g/mol. The van der Waals surface area contributed by atoms with E-state index in [-0.39, 0.29) is 5.91 Å². The van der Waals surface area contributed by atoms with Crippen LogP contribution in [0.4, 0.5) is 5.69 Å². The highest BCUT2D eigenvalue weighted by molar-refractivity contribution is 6.01. The third-order valence-electron chi connectivity index (χ3n) is 9.35. The van der Waals surface area contributed by atoms with Crippen LogP contribution in [0.15, 0.2) is 67.3 Å². The first-order valence-corrected chi connectivity index (χ1v) is 16.8. The van der Waals surface area contributed by atoms with E-state index in [0.29, 0.717) is 71.2 Å². The molecule has 1 unspecified atom stereocenters. The highest BCUT2D eigenvalue weighted by atomic mass is 16.5. The molecule has 10 heteroatoms. The van der Waals surface area contributed by atoms with E-state index >= 15 is 0 Å². The highest BCUT2D eigenvalue weighted by Gasteiger charge is 2.33. The smallest absolute Gasteiger partial charge is 0.264 e. The Bertz CT molecular complexity index is 1890. The van der Waals surface area contributed by atoms with Gasteiger partial charge in [-0.15, -0.1) is 0 Å². The molecule has 10 nitrogen and oxygen atoms in total. The molecule has 262 valence electrons. The largest absolute Gasteiger partial charge is 0.493 e. The molecule has 4 aliphatic heterocycles. The second-order valence-corrected chi connectivity index (χ2v) is 12.3. The van der Waals surface area contributed by atoms with Crippen molar-refractivity contribution in [1.82, 2.24) is 10.3 Å². The van der Waals surface area contributed by atoms with Crippen LogP contribution in [0.5, 0.6) is 46.0 Å². The van der Waals surface area contributed by atoms with Crippen molar-refractivity contribution in [3.63, 3.8) is 0 Å². The Hall–Kier alpha value is -5.19. The van der Waals surface area contributed by atoms with Gasteiger partial charge < -0.3 is 33.7 Å². The number of fused-ring (bicyclic) bond motifs is 2. The Labute approximate surface area is 294 Å². The van der Waals surface area contributed by atoms with E-state index in [9.17, 15) is 4.79 Å². The number of amides is 1. The van der Waals surface area contributed by atoms with Gasteiger partial charge in [0.1, 0.15) is 5.75 Å². The molecule has 1 amide bonds. The van der Waals surface area contributed by atoms with Crippen molar-refractivity contribution in [2.75, 3.05) is 53.6 Å². The van der Waals surface area contributed by atoms with Gasteiger partial charge in [-0.3, -0.25) is 4.79 Å². The minimum Gasteiger partial charge on any atom is -0.493 e. The van der Waals surface area contributed by atoms with Crippen LogP contribution in [0.3, 0.4) is 0 Å². The summed E-state index contributed by atoms with van der Waals surface area (Å²) in [5.41, 5.74) is 6.90. The second kappa shape index (κ2) is 15.1. The molecule has 0 radical (unpaired) electrons. The summed E-state index contributed by atoms with van der Waals surface area (Å²) in [6.07, 6.45) is 4.36. The van der Waals surface area contributed by atoms with E-state index in [2.05, 4.69) is 36.2 Å². The zero-order valence-electron chi connectivity index (χ0n) is 29.7. The minimum atomic E-state index is -0.281. The number of benzene rings is 4. The Morgan fingerprint density at radius 1 is 0.860 bits per heavy atom. The van der Waals surface area contributed by atoms with E-state index < -0.39 is 0 Å². The lowest BCUT2D eigenvalue weighted by atomic mass is 9.96. The number of carbonyl (C=O) groups excluding carboxylic acids is 1. The van der Waals surface area contributed by atoms with Crippen molar-refractivity contribution in [3.05, 3.63) is 101 Å². The summed E-state index contributed by atoms with van der Waals surface area (Å²) in [6, 6.07) is 18.0.